The van der Waals surface area contributed by atoms with Crippen LogP contribution in [0, 0.1) is 17.8 Å². The van der Waals surface area contributed by atoms with E-state index < -0.39 is 0 Å². The number of pyridine rings is 1. The summed E-state index contributed by atoms with van der Waals surface area (Å²) in [6, 6.07) is 12.1. The number of methoxy groups -OCH3 is 2. The molecule has 2 N–H and O–H groups in total. The highest BCUT2D eigenvalue weighted by molar-refractivity contribution is 6.05. The van der Waals surface area contributed by atoms with Crippen molar-refractivity contribution in [3.63, 3.8) is 0 Å². The standard InChI is InChI=1S/C41H48N6O6/c1-45-22-33(32-19-42-44-39(32)41(45)51)26-16-37(52-2)34(38(17-26)53-3)23-46-20-28-14-27(15-29(28)21-46)40(50)47-12-10-25(11-13-47)24-4-6-30(7-5-24)43-35-9-8-31(48)18-36(35)49/h4-7,16-17,19,22,25,27-29,35,43H,8-15,18,20-21,23H2,1-3H3,(H,42,44)/t27?,28-,29+,35?. The van der Waals surface area contributed by atoms with Gasteiger partial charge in [0.15, 0.2) is 5.78 Å². The van der Waals surface area contributed by atoms with Crippen LogP contribution < -0.4 is 20.3 Å². The van der Waals surface area contributed by atoms with Crippen molar-refractivity contribution in [1.29, 1.82) is 0 Å². The lowest BCUT2D eigenvalue weighted by atomic mass is 9.88. The number of Topliss-reactive ketones (excluding diaryl/α,β-unsaturated/α-hetero) is 2. The Bertz CT molecular complexity index is 2060. The number of aryl methyl sites for hydroxylation is 1. The number of anilines is 1. The van der Waals surface area contributed by atoms with Gasteiger partial charge in [0.1, 0.15) is 22.8 Å². The highest BCUT2D eigenvalue weighted by Crippen LogP contribution is 2.45. The fourth-order valence-electron chi connectivity index (χ4n) is 9.40. The second-order valence-electron chi connectivity index (χ2n) is 15.5. The van der Waals surface area contributed by atoms with Crippen molar-refractivity contribution in [2.75, 3.05) is 45.7 Å². The molecule has 4 aliphatic rings. The highest BCUT2D eigenvalue weighted by Gasteiger charge is 2.45. The molecule has 4 fully saturated rings. The van der Waals surface area contributed by atoms with E-state index in [0.29, 0.717) is 48.6 Å². The molecule has 2 aromatic carbocycles. The Balaban J connectivity index is 0.851. The molecule has 53 heavy (non-hydrogen) atoms. The molecule has 2 aromatic heterocycles. The number of nitrogens with one attached hydrogen (secondary N) is 2. The van der Waals surface area contributed by atoms with E-state index >= 15 is 0 Å². The number of carbonyl (C=O) groups excluding carboxylic acids is 3. The smallest absolute Gasteiger partial charge is 0.276 e. The third-order valence-electron chi connectivity index (χ3n) is 12.3. The summed E-state index contributed by atoms with van der Waals surface area (Å²) in [6.07, 6.45) is 8.33. The average Bonchev–Trinajstić information content (AvgIpc) is 3.91. The van der Waals surface area contributed by atoms with Crippen LogP contribution in [0.15, 0.2) is 53.6 Å². The molecular formula is C41H48N6O6. The largest absolute Gasteiger partial charge is 0.496 e. The SMILES string of the molecule is COc1cc(-c2cn(C)c(=O)c3[nH]ncc23)cc(OC)c1CN1C[C@H]2CC(C(=O)N3CCC(c4ccc(NC5CCC(=O)CC5=O)cc4)CC3)C[C@H]2C1. The molecule has 1 amide bonds. The molecule has 2 unspecified atom stereocenters. The lowest BCUT2D eigenvalue weighted by Gasteiger charge is -2.34. The predicted octanol–water partition coefficient (Wildman–Crippen LogP) is 4.91. The number of aromatic amines is 1. The van der Waals surface area contributed by atoms with E-state index in [1.54, 1.807) is 32.0 Å². The van der Waals surface area contributed by atoms with Crippen LogP contribution >= 0.6 is 0 Å². The zero-order chi connectivity index (χ0) is 36.8. The summed E-state index contributed by atoms with van der Waals surface area (Å²) in [5, 5.41) is 11.0. The van der Waals surface area contributed by atoms with Crippen LogP contribution in [0.25, 0.3) is 22.0 Å². The molecule has 4 aromatic rings. The van der Waals surface area contributed by atoms with Gasteiger partial charge in [0.25, 0.3) is 5.56 Å². The van der Waals surface area contributed by atoms with E-state index in [4.69, 9.17) is 9.47 Å². The van der Waals surface area contributed by atoms with Crippen LogP contribution in [0.2, 0.25) is 0 Å². The second-order valence-corrected chi connectivity index (χ2v) is 15.5. The molecule has 2 saturated carbocycles. The van der Waals surface area contributed by atoms with Gasteiger partial charge in [-0.25, -0.2) is 0 Å². The molecule has 8 rings (SSSR count). The Labute approximate surface area is 308 Å². The molecular weight excluding hydrogens is 672 g/mol. The molecule has 278 valence electrons. The van der Waals surface area contributed by atoms with Crippen molar-refractivity contribution in [2.45, 2.75) is 63.5 Å². The number of likely N-dealkylation sites (tertiary alicyclic amines) is 2. The fraction of sp³-hybridized carbons (Fsp3) is 0.488. The van der Waals surface area contributed by atoms with Crippen molar-refractivity contribution in [2.24, 2.45) is 24.8 Å². The van der Waals surface area contributed by atoms with Crippen LogP contribution in [-0.4, -0.2) is 88.5 Å². The highest BCUT2D eigenvalue weighted by atomic mass is 16.5. The molecule has 0 radical (unpaired) electrons. The summed E-state index contributed by atoms with van der Waals surface area (Å²) in [4.78, 5) is 54.7. The van der Waals surface area contributed by atoms with E-state index in [9.17, 15) is 19.2 Å². The molecule has 2 aliphatic carbocycles. The summed E-state index contributed by atoms with van der Waals surface area (Å²) in [5.74, 6) is 3.30. The number of aromatic nitrogens is 3. The summed E-state index contributed by atoms with van der Waals surface area (Å²) >= 11 is 0. The molecule has 12 heteroatoms. The van der Waals surface area contributed by atoms with E-state index in [1.165, 1.54) is 5.56 Å². The summed E-state index contributed by atoms with van der Waals surface area (Å²) < 4.78 is 13.4. The average molecular weight is 721 g/mol. The number of hydrogen-bond donors (Lipinski definition) is 2. The minimum atomic E-state index is -0.286. The van der Waals surface area contributed by atoms with Gasteiger partial charge in [-0.1, -0.05) is 12.1 Å². The van der Waals surface area contributed by atoms with Gasteiger partial charge in [0.05, 0.1) is 38.4 Å². The first kappa shape index (κ1) is 35.1. The molecule has 4 heterocycles. The van der Waals surface area contributed by atoms with Crippen molar-refractivity contribution in [3.8, 4) is 22.6 Å². The number of ether oxygens (including phenoxy) is 2. The van der Waals surface area contributed by atoms with Gasteiger partial charge < -0.3 is 24.3 Å². The van der Waals surface area contributed by atoms with E-state index in [0.717, 1.165) is 91.1 Å². The molecule has 2 saturated heterocycles. The number of piperidine rings is 1. The van der Waals surface area contributed by atoms with Crippen LogP contribution in [0.5, 0.6) is 11.5 Å². The molecule has 4 atom stereocenters. The van der Waals surface area contributed by atoms with E-state index in [2.05, 4.69) is 37.4 Å². The number of hydrogen-bond acceptors (Lipinski definition) is 9. The lowest BCUT2D eigenvalue weighted by Crippen LogP contribution is -2.41. The first-order valence-electron chi connectivity index (χ1n) is 18.9. The van der Waals surface area contributed by atoms with Crippen molar-refractivity contribution in [1.82, 2.24) is 24.6 Å². The number of fused-ring (bicyclic) bond motifs is 2. The van der Waals surface area contributed by atoms with Crippen LogP contribution in [-0.2, 0) is 28.0 Å². The van der Waals surface area contributed by atoms with Crippen molar-refractivity contribution >= 4 is 34.1 Å². The van der Waals surface area contributed by atoms with E-state index in [-0.39, 0.29) is 35.5 Å². The van der Waals surface area contributed by atoms with Crippen LogP contribution in [0.1, 0.15) is 62.0 Å². The number of nitrogens with zero attached hydrogens (tertiary/aromatic N) is 4. The number of carbonyl (C=O) groups is 3. The van der Waals surface area contributed by atoms with Gasteiger partial charge >= 0.3 is 0 Å². The third-order valence-corrected chi connectivity index (χ3v) is 12.3. The Hall–Kier alpha value is -4.97. The first-order chi connectivity index (χ1) is 25.7. The lowest BCUT2D eigenvalue weighted by molar-refractivity contribution is -0.136. The van der Waals surface area contributed by atoms with Gasteiger partial charge in [-0.05, 0) is 85.3 Å². The Morgan fingerprint density at radius 3 is 2.28 bits per heavy atom. The Morgan fingerprint density at radius 1 is 0.962 bits per heavy atom. The Morgan fingerprint density at radius 2 is 1.64 bits per heavy atom. The zero-order valence-electron chi connectivity index (χ0n) is 30.7. The molecule has 2 aliphatic heterocycles. The molecule has 12 nitrogen and oxygen atoms in total. The van der Waals surface area contributed by atoms with Gasteiger partial charge in [0.2, 0.25) is 5.91 Å². The summed E-state index contributed by atoms with van der Waals surface area (Å²) in [5.41, 5.74) is 5.25. The van der Waals surface area contributed by atoms with E-state index in [1.807, 2.05) is 30.5 Å². The maximum absolute atomic E-state index is 13.7. The zero-order valence-corrected chi connectivity index (χ0v) is 30.7. The fourth-order valence-corrected chi connectivity index (χ4v) is 9.40. The molecule has 0 bridgehead atoms. The topological polar surface area (TPSA) is 139 Å². The number of rotatable bonds is 9. The normalized spacial score (nSPS) is 23.8. The summed E-state index contributed by atoms with van der Waals surface area (Å²) in [6.45, 7) is 4.15. The molecule has 0 spiro atoms. The second kappa shape index (κ2) is 14.5. The van der Waals surface area contributed by atoms with Crippen molar-refractivity contribution < 1.29 is 23.9 Å². The maximum atomic E-state index is 13.7. The Kier molecular flexibility index (Phi) is 9.57. The van der Waals surface area contributed by atoms with Gasteiger partial charge in [0, 0.05) is 74.9 Å². The quantitative estimate of drug-likeness (QED) is 0.231. The monoisotopic (exact) mass is 720 g/mol. The van der Waals surface area contributed by atoms with Crippen LogP contribution in [0.4, 0.5) is 5.69 Å². The minimum absolute atomic E-state index is 0.0221. The maximum Gasteiger partial charge on any atom is 0.276 e. The predicted molar refractivity (Wildman–Crippen MR) is 201 cm³/mol. The summed E-state index contributed by atoms with van der Waals surface area (Å²) in [7, 11) is 5.08. The third kappa shape index (κ3) is 6.85. The van der Waals surface area contributed by atoms with Crippen LogP contribution in [0.3, 0.4) is 0 Å². The van der Waals surface area contributed by atoms with Gasteiger partial charge in [-0.15, -0.1) is 0 Å². The number of H-pyrrole nitrogens is 1. The van der Waals surface area contributed by atoms with Gasteiger partial charge in [-0.2, -0.15) is 5.10 Å². The van der Waals surface area contributed by atoms with Gasteiger partial charge in [-0.3, -0.25) is 29.2 Å². The number of benzene rings is 2. The van der Waals surface area contributed by atoms with Crippen molar-refractivity contribution in [3.05, 3.63) is 70.3 Å². The number of ketones is 2. The first-order valence-corrected chi connectivity index (χ1v) is 18.9. The minimum Gasteiger partial charge on any atom is -0.496 e. The number of amides is 1.